The molecule has 0 radical (unpaired) electrons. The van der Waals surface area contributed by atoms with Crippen LogP contribution in [0.5, 0.6) is 0 Å². The number of piperidine rings is 1. The number of carbonyl (C=O) groups is 1. The van der Waals surface area contributed by atoms with E-state index in [2.05, 4.69) is 0 Å². The van der Waals surface area contributed by atoms with E-state index in [9.17, 15) is 13.2 Å². The third-order valence-corrected chi connectivity index (χ3v) is 6.52. The number of hydrogen-bond acceptors (Lipinski definition) is 3. The summed E-state index contributed by atoms with van der Waals surface area (Å²) in [5.41, 5.74) is 1.27. The number of rotatable bonds is 5. The predicted octanol–water partition coefficient (Wildman–Crippen LogP) is 4.41. The van der Waals surface area contributed by atoms with Crippen molar-refractivity contribution in [2.75, 3.05) is 13.1 Å². The summed E-state index contributed by atoms with van der Waals surface area (Å²) in [5, 5.41) is 0.604. The monoisotopic (exact) mass is 389 g/mol. The van der Waals surface area contributed by atoms with Gasteiger partial charge in [0.05, 0.1) is 4.90 Å². The molecule has 4 nitrogen and oxygen atoms in total. The van der Waals surface area contributed by atoms with Crippen LogP contribution in [0.3, 0.4) is 0 Å². The van der Waals surface area contributed by atoms with Crippen molar-refractivity contribution >= 4 is 33.5 Å². The SMILES string of the molecule is O=C(/C=C/c1cccc(Cl)c1)c1ccc(S(=O)(=O)N2CCCCC2)cc1. The molecular weight excluding hydrogens is 370 g/mol. The zero-order valence-electron chi connectivity index (χ0n) is 14.3. The lowest BCUT2D eigenvalue weighted by molar-refractivity contribution is 0.104. The first-order valence-corrected chi connectivity index (χ1v) is 10.4. The Morgan fingerprint density at radius 1 is 1.00 bits per heavy atom. The van der Waals surface area contributed by atoms with Crippen LogP contribution in [0, 0.1) is 0 Å². The quantitative estimate of drug-likeness (QED) is 0.562. The number of benzene rings is 2. The van der Waals surface area contributed by atoms with Gasteiger partial charge in [-0.2, -0.15) is 4.31 Å². The Kier molecular flexibility index (Phi) is 5.91. The number of sulfonamides is 1. The lowest BCUT2D eigenvalue weighted by Gasteiger charge is -2.25. The van der Waals surface area contributed by atoms with Crippen molar-refractivity contribution in [1.29, 1.82) is 0 Å². The van der Waals surface area contributed by atoms with Crippen LogP contribution in [-0.4, -0.2) is 31.6 Å². The maximum Gasteiger partial charge on any atom is 0.243 e. The summed E-state index contributed by atoms with van der Waals surface area (Å²) < 4.78 is 26.8. The van der Waals surface area contributed by atoms with Gasteiger partial charge in [-0.05, 0) is 60.9 Å². The van der Waals surface area contributed by atoms with Crippen molar-refractivity contribution in [3.63, 3.8) is 0 Å². The van der Waals surface area contributed by atoms with E-state index < -0.39 is 10.0 Å². The van der Waals surface area contributed by atoms with E-state index in [-0.39, 0.29) is 10.7 Å². The summed E-state index contributed by atoms with van der Waals surface area (Å²) >= 11 is 5.92. The third kappa shape index (κ3) is 4.41. The summed E-state index contributed by atoms with van der Waals surface area (Å²) in [6.07, 6.45) is 6.00. The molecule has 26 heavy (non-hydrogen) atoms. The van der Waals surface area contributed by atoms with Gasteiger partial charge in [0.15, 0.2) is 5.78 Å². The van der Waals surface area contributed by atoms with E-state index >= 15 is 0 Å². The molecule has 1 heterocycles. The van der Waals surface area contributed by atoms with Gasteiger partial charge < -0.3 is 0 Å². The van der Waals surface area contributed by atoms with Crippen LogP contribution >= 0.6 is 11.6 Å². The topological polar surface area (TPSA) is 54.5 Å². The maximum absolute atomic E-state index is 12.6. The van der Waals surface area contributed by atoms with Crippen LogP contribution in [-0.2, 0) is 10.0 Å². The van der Waals surface area contributed by atoms with E-state index in [1.165, 1.54) is 22.5 Å². The first-order valence-electron chi connectivity index (χ1n) is 8.55. The zero-order valence-corrected chi connectivity index (χ0v) is 15.8. The number of hydrogen-bond donors (Lipinski definition) is 0. The number of allylic oxidation sites excluding steroid dienone is 1. The fraction of sp³-hybridized carbons (Fsp3) is 0.250. The van der Waals surface area contributed by atoms with Crippen molar-refractivity contribution < 1.29 is 13.2 Å². The molecule has 3 rings (SSSR count). The summed E-state index contributed by atoms with van der Waals surface area (Å²) in [7, 11) is -3.48. The molecule has 136 valence electrons. The van der Waals surface area contributed by atoms with Crippen molar-refractivity contribution in [2.45, 2.75) is 24.2 Å². The molecule has 0 aliphatic carbocycles. The molecule has 1 saturated heterocycles. The second-order valence-corrected chi connectivity index (χ2v) is 8.62. The molecule has 1 aliphatic rings. The highest BCUT2D eigenvalue weighted by molar-refractivity contribution is 7.89. The molecule has 0 bridgehead atoms. The molecular formula is C20H20ClNO3S. The van der Waals surface area contributed by atoms with Crippen LogP contribution in [0.1, 0.15) is 35.2 Å². The standard InChI is InChI=1S/C20H20ClNO3S/c21-18-6-4-5-16(15-18)7-12-20(23)17-8-10-19(11-9-17)26(24,25)22-13-2-1-3-14-22/h4-12,15H,1-3,13-14H2/b12-7+. The van der Waals surface area contributed by atoms with Gasteiger partial charge in [0.1, 0.15) is 0 Å². The molecule has 0 aromatic heterocycles. The normalized spacial score (nSPS) is 16.0. The van der Waals surface area contributed by atoms with Crippen LogP contribution in [0.2, 0.25) is 5.02 Å². The van der Waals surface area contributed by atoms with Gasteiger partial charge >= 0.3 is 0 Å². The van der Waals surface area contributed by atoms with E-state index in [4.69, 9.17) is 11.6 Å². The van der Waals surface area contributed by atoms with E-state index in [0.717, 1.165) is 24.8 Å². The summed E-state index contributed by atoms with van der Waals surface area (Å²) in [5.74, 6) is -0.188. The molecule has 0 amide bonds. The predicted molar refractivity (Wildman–Crippen MR) is 104 cm³/mol. The number of ketones is 1. The Balaban J connectivity index is 1.73. The zero-order chi connectivity index (χ0) is 18.6. The summed E-state index contributed by atoms with van der Waals surface area (Å²) in [6.45, 7) is 1.12. The first kappa shape index (κ1) is 18.8. The third-order valence-electron chi connectivity index (χ3n) is 4.37. The average molecular weight is 390 g/mol. The Labute approximate surface area is 159 Å². The summed E-state index contributed by atoms with van der Waals surface area (Å²) in [4.78, 5) is 12.5. The van der Waals surface area contributed by atoms with Gasteiger partial charge in [-0.25, -0.2) is 8.42 Å². The lowest BCUT2D eigenvalue weighted by Crippen LogP contribution is -2.35. The second kappa shape index (κ2) is 8.16. The molecule has 2 aromatic rings. The largest absolute Gasteiger partial charge is 0.289 e. The minimum atomic E-state index is -3.48. The lowest BCUT2D eigenvalue weighted by atomic mass is 10.1. The smallest absolute Gasteiger partial charge is 0.243 e. The fourth-order valence-electron chi connectivity index (χ4n) is 2.92. The molecule has 2 aromatic carbocycles. The van der Waals surface area contributed by atoms with Gasteiger partial charge in [0, 0.05) is 23.7 Å². The van der Waals surface area contributed by atoms with Gasteiger partial charge in [0.2, 0.25) is 10.0 Å². The molecule has 1 aliphatic heterocycles. The molecule has 0 atom stereocenters. The fourth-order valence-corrected chi connectivity index (χ4v) is 4.64. The highest BCUT2D eigenvalue weighted by Crippen LogP contribution is 2.21. The van der Waals surface area contributed by atoms with E-state index in [1.54, 1.807) is 30.3 Å². The van der Waals surface area contributed by atoms with Gasteiger partial charge in [-0.1, -0.05) is 36.2 Å². The van der Waals surface area contributed by atoms with Gasteiger partial charge in [-0.3, -0.25) is 4.79 Å². The van der Waals surface area contributed by atoms with E-state index in [0.29, 0.717) is 23.7 Å². The molecule has 0 spiro atoms. The Morgan fingerprint density at radius 3 is 2.35 bits per heavy atom. The molecule has 6 heteroatoms. The van der Waals surface area contributed by atoms with Crippen molar-refractivity contribution in [1.82, 2.24) is 4.31 Å². The minimum absolute atomic E-state index is 0.188. The van der Waals surface area contributed by atoms with E-state index in [1.807, 2.05) is 12.1 Å². The van der Waals surface area contributed by atoms with Crippen LogP contribution < -0.4 is 0 Å². The minimum Gasteiger partial charge on any atom is -0.289 e. The highest BCUT2D eigenvalue weighted by atomic mass is 35.5. The van der Waals surface area contributed by atoms with Crippen LogP contribution in [0.25, 0.3) is 6.08 Å². The van der Waals surface area contributed by atoms with Crippen molar-refractivity contribution in [2.24, 2.45) is 0 Å². The molecule has 0 N–H and O–H groups in total. The van der Waals surface area contributed by atoms with Gasteiger partial charge in [0.25, 0.3) is 0 Å². The summed E-state index contributed by atoms with van der Waals surface area (Å²) in [6, 6.07) is 13.3. The Bertz CT molecular complexity index is 914. The van der Waals surface area contributed by atoms with Crippen LogP contribution in [0.4, 0.5) is 0 Å². The Morgan fingerprint density at radius 2 is 1.69 bits per heavy atom. The van der Waals surface area contributed by atoms with Crippen molar-refractivity contribution in [3.8, 4) is 0 Å². The number of carbonyl (C=O) groups excluding carboxylic acids is 1. The Hall–Kier alpha value is -1.95. The van der Waals surface area contributed by atoms with Crippen LogP contribution in [0.15, 0.2) is 59.5 Å². The molecule has 0 unspecified atom stereocenters. The molecule has 0 saturated carbocycles. The van der Waals surface area contributed by atoms with Crippen molar-refractivity contribution in [3.05, 3.63) is 70.8 Å². The van der Waals surface area contributed by atoms with Gasteiger partial charge in [-0.15, -0.1) is 0 Å². The number of halogens is 1. The second-order valence-electron chi connectivity index (χ2n) is 6.24. The molecule has 1 fully saturated rings. The average Bonchev–Trinajstić information content (AvgIpc) is 2.67. The maximum atomic E-state index is 12.6. The number of nitrogens with zero attached hydrogens (tertiary/aromatic N) is 1. The highest BCUT2D eigenvalue weighted by Gasteiger charge is 2.25. The first-order chi connectivity index (χ1) is 12.5.